The molecule has 1 atom stereocenters. The Morgan fingerprint density at radius 1 is 1.64 bits per heavy atom. The van der Waals surface area contributed by atoms with Crippen molar-refractivity contribution < 1.29 is 9.63 Å². The molecule has 0 aliphatic carbocycles. The predicted octanol–water partition coefficient (Wildman–Crippen LogP) is 0.335. The van der Waals surface area contributed by atoms with Gasteiger partial charge >= 0.3 is 0 Å². The van der Waals surface area contributed by atoms with E-state index in [1.54, 1.807) is 6.92 Å². The first-order chi connectivity index (χ1) is 6.74. The second-order valence-electron chi connectivity index (χ2n) is 3.76. The van der Waals surface area contributed by atoms with Crippen molar-refractivity contribution in [3.63, 3.8) is 0 Å². The van der Waals surface area contributed by atoms with Crippen LogP contribution < -0.4 is 0 Å². The molecule has 1 unspecified atom stereocenters. The van der Waals surface area contributed by atoms with E-state index in [-0.39, 0.29) is 6.10 Å². The summed E-state index contributed by atoms with van der Waals surface area (Å²) in [5, 5.41) is 13.3. The number of β-amino-alcohol motifs (C(OH)–C–C–N with tert-alkyl or cyclic N) is 1. The Balaban J connectivity index is 1.90. The SMILES string of the molecule is Cc1nc(CN2CCCC(O)C2)no1. The summed E-state index contributed by atoms with van der Waals surface area (Å²) in [6.07, 6.45) is 1.75. The number of aromatic nitrogens is 2. The van der Waals surface area contributed by atoms with E-state index >= 15 is 0 Å². The fourth-order valence-electron chi connectivity index (χ4n) is 1.78. The van der Waals surface area contributed by atoms with Gasteiger partial charge in [0.05, 0.1) is 12.6 Å². The van der Waals surface area contributed by atoms with Gasteiger partial charge in [0.25, 0.3) is 0 Å². The second kappa shape index (κ2) is 4.06. The maximum absolute atomic E-state index is 9.46. The van der Waals surface area contributed by atoms with Gasteiger partial charge in [0.2, 0.25) is 5.89 Å². The van der Waals surface area contributed by atoms with Gasteiger partial charge in [-0.05, 0) is 19.4 Å². The highest BCUT2D eigenvalue weighted by atomic mass is 16.5. The van der Waals surface area contributed by atoms with Crippen LogP contribution in [-0.2, 0) is 6.54 Å². The zero-order chi connectivity index (χ0) is 9.97. The Morgan fingerprint density at radius 3 is 3.14 bits per heavy atom. The average Bonchev–Trinajstić information content (AvgIpc) is 2.51. The number of hydrogen-bond acceptors (Lipinski definition) is 5. The van der Waals surface area contributed by atoms with Crippen LogP contribution in [0.25, 0.3) is 0 Å². The molecule has 1 fully saturated rings. The van der Waals surface area contributed by atoms with Gasteiger partial charge in [0.15, 0.2) is 5.82 Å². The quantitative estimate of drug-likeness (QED) is 0.740. The molecule has 0 amide bonds. The zero-order valence-corrected chi connectivity index (χ0v) is 8.31. The predicted molar refractivity (Wildman–Crippen MR) is 49.6 cm³/mol. The summed E-state index contributed by atoms with van der Waals surface area (Å²) in [6.45, 7) is 4.17. The van der Waals surface area contributed by atoms with Crippen molar-refractivity contribution in [1.29, 1.82) is 0 Å². The lowest BCUT2D eigenvalue weighted by Crippen LogP contribution is -2.37. The number of aliphatic hydroxyl groups excluding tert-OH is 1. The molecule has 78 valence electrons. The van der Waals surface area contributed by atoms with Gasteiger partial charge in [0, 0.05) is 13.5 Å². The number of aliphatic hydroxyl groups is 1. The molecule has 1 aromatic heterocycles. The number of aryl methyl sites for hydroxylation is 1. The minimum absolute atomic E-state index is 0.197. The summed E-state index contributed by atoms with van der Waals surface area (Å²) in [5.41, 5.74) is 0. The molecule has 1 saturated heterocycles. The molecule has 1 aliphatic rings. The van der Waals surface area contributed by atoms with Crippen LogP contribution in [0.2, 0.25) is 0 Å². The summed E-state index contributed by atoms with van der Waals surface area (Å²) in [5.74, 6) is 1.30. The smallest absolute Gasteiger partial charge is 0.223 e. The number of rotatable bonds is 2. The van der Waals surface area contributed by atoms with Crippen molar-refractivity contribution in [3.05, 3.63) is 11.7 Å². The molecule has 2 rings (SSSR count). The van der Waals surface area contributed by atoms with E-state index in [0.717, 1.165) is 19.4 Å². The van der Waals surface area contributed by atoms with Gasteiger partial charge in [-0.1, -0.05) is 5.16 Å². The van der Waals surface area contributed by atoms with E-state index in [1.165, 1.54) is 0 Å². The van der Waals surface area contributed by atoms with E-state index < -0.39 is 0 Å². The molecule has 0 bridgehead atoms. The van der Waals surface area contributed by atoms with Crippen LogP contribution >= 0.6 is 0 Å². The molecule has 1 N–H and O–H groups in total. The molecule has 2 heterocycles. The Bertz CT molecular complexity index is 300. The Hall–Kier alpha value is -0.940. The summed E-state index contributed by atoms with van der Waals surface area (Å²) in [4.78, 5) is 6.28. The first-order valence-electron chi connectivity index (χ1n) is 4.93. The first-order valence-corrected chi connectivity index (χ1v) is 4.93. The highest BCUT2D eigenvalue weighted by molar-refractivity contribution is 4.85. The normalized spacial score (nSPS) is 24.0. The largest absolute Gasteiger partial charge is 0.392 e. The van der Waals surface area contributed by atoms with E-state index in [2.05, 4.69) is 15.0 Å². The third kappa shape index (κ3) is 2.30. The van der Waals surface area contributed by atoms with E-state index in [0.29, 0.717) is 24.8 Å². The lowest BCUT2D eigenvalue weighted by atomic mass is 10.1. The molecule has 0 spiro atoms. The van der Waals surface area contributed by atoms with Crippen molar-refractivity contribution in [2.45, 2.75) is 32.4 Å². The van der Waals surface area contributed by atoms with Crippen molar-refractivity contribution in [1.82, 2.24) is 15.0 Å². The van der Waals surface area contributed by atoms with Crippen LogP contribution in [0, 0.1) is 6.92 Å². The van der Waals surface area contributed by atoms with Crippen molar-refractivity contribution in [3.8, 4) is 0 Å². The van der Waals surface area contributed by atoms with Crippen molar-refractivity contribution in [2.75, 3.05) is 13.1 Å². The van der Waals surface area contributed by atoms with Crippen LogP contribution in [0.5, 0.6) is 0 Å². The molecule has 5 heteroatoms. The van der Waals surface area contributed by atoms with E-state index in [4.69, 9.17) is 4.52 Å². The fourth-order valence-corrected chi connectivity index (χ4v) is 1.78. The molecule has 14 heavy (non-hydrogen) atoms. The van der Waals surface area contributed by atoms with Gasteiger partial charge in [-0.25, -0.2) is 0 Å². The number of nitrogens with zero attached hydrogens (tertiary/aromatic N) is 3. The molecule has 5 nitrogen and oxygen atoms in total. The van der Waals surface area contributed by atoms with Gasteiger partial charge in [-0.2, -0.15) is 4.98 Å². The maximum Gasteiger partial charge on any atom is 0.223 e. The summed E-state index contributed by atoms with van der Waals surface area (Å²) >= 11 is 0. The molecule has 0 radical (unpaired) electrons. The fraction of sp³-hybridized carbons (Fsp3) is 0.778. The highest BCUT2D eigenvalue weighted by Crippen LogP contribution is 2.11. The monoisotopic (exact) mass is 197 g/mol. The second-order valence-corrected chi connectivity index (χ2v) is 3.76. The van der Waals surface area contributed by atoms with Crippen molar-refractivity contribution in [2.24, 2.45) is 0 Å². The molecule has 1 aromatic rings. The van der Waals surface area contributed by atoms with Gasteiger partial charge < -0.3 is 9.63 Å². The summed E-state index contributed by atoms with van der Waals surface area (Å²) < 4.78 is 4.88. The third-order valence-electron chi connectivity index (χ3n) is 2.42. The Morgan fingerprint density at radius 2 is 2.50 bits per heavy atom. The molecular formula is C9H15N3O2. The lowest BCUT2D eigenvalue weighted by Gasteiger charge is -2.28. The first kappa shape index (κ1) is 9.61. The maximum atomic E-state index is 9.46. The Kier molecular flexibility index (Phi) is 2.79. The van der Waals surface area contributed by atoms with Gasteiger partial charge in [-0.3, -0.25) is 4.90 Å². The lowest BCUT2D eigenvalue weighted by molar-refractivity contribution is 0.0651. The van der Waals surface area contributed by atoms with Crippen LogP contribution in [0.3, 0.4) is 0 Å². The van der Waals surface area contributed by atoms with Crippen LogP contribution in [-0.4, -0.2) is 39.3 Å². The third-order valence-corrected chi connectivity index (χ3v) is 2.42. The molecular weight excluding hydrogens is 182 g/mol. The Labute approximate surface area is 82.7 Å². The van der Waals surface area contributed by atoms with Crippen LogP contribution in [0.1, 0.15) is 24.6 Å². The van der Waals surface area contributed by atoms with Gasteiger partial charge in [-0.15, -0.1) is 0 Å². The van der Waals surface area contributed by atoms with Crippen LogP contribution in [0.4, 0.5) is 0 Å². The van der Waals surface area contributed by atoms with Crippen molar-refractivity contribution >= 4 is 0 Å². The summed E-state index contributed by atoms with van der Waals surface area (Å²) in [6, 6.07) is 0. The topological polar surface area (TPSA) is 62.4 Å². The van der Waals surface area contributed by atoms with Crippen LogP contribution in [0.15, 0.2) is 4.52 Å². The molecule has 0 aromatic carbocycles. The van der Waals surface area contributed by atoms with E-state index in [1.807, 2.05) is 0 Å². The number of likely N-dealkylation sites (tertiary alicyclic amines) is 1. The molecule has 1 aliphatic heterocycles. The number of hydrogen-bond donors (Lipinski definition) is 1. The summed E-state index contributed by atoms with van der Waals surface area (Å²) in [7, 11) is 0. The highest BCUT2D eigenvalue weighted by Gasteiger charge is 2.19. The number of piperidine rings is 1. The minimum Gasteiger partial charge on any atom is -0.392 e. The average molecular weight is 197 g/mol. The minimum atomic E-state index is -0.197. The van der Waals surface area contributed by atoms with Gasteiger partial charge in [0.1, 0.15) is 0 Å². The molecule has 0 saturated carbocycles. The van der Waals surface area contributed by atoms with E-state index in [9.17, 15) is 5.11 Å². The standard InChI is InChI=1S/C9H15N3O2/c1-7-10-9(11-14-7)6-12-4-2-3-8(13)5-12/h8,13H,2-6H2,1H3. The zero-order valence-electron chi connectivity index (χ0n) is 8.31.